The van der Waals surface area contributed by atoms with Gasteiger partial charge < -0.3 is 10.6 Å². The van der Waals surface area contributed by atoms with E-state index in [0.717, 1.165) is 0 Å². The highest BCUT2D eigenvalue weighted by molar-refractivity contribution is 6.30. The summed E-state index contributed by atoms with van der Waals surface area (Å²) >= 11 is 5.80. The molecule has 0 amide bonds. The van der Waals surface area contributed by atoms with E-state index in [-0.39, 0.29) is 11.9 Å². The van der Waals surface area contributed by atoms with Gasteiger partial charge in [0.1, 0.15) is 5.82 Å². The Morgan fingerprint density at radius 1 is 1.43 bits per heavy atom. The molecule has 0 aliphatic rings. The van der Waals surface area contributed by atoms with Gasteiger partial charge in [-0.3, -0.25) is 0 Å². The average molecular weight is 217 g/mol. The fraction of sp³-hybridized carbons (Fsp3) is 0.400. The number of benzene rings is 1. The molecule has 1 unspecified atom stereocenters. The highest BCUT2D eigenvalue weighted by atomic mass is 35.5. The van der Waals surface area contributed by atoms with Crippen molar-refractivity contribution in [3.63, 3.8) is 0 Å². The van der Waals surface area contributed by atoms with Crippen LogP contribution in [0.4, 0.5) is 4.39 Å². The molecule has 0 radical (unpaired) electrons. The van der Waals surface area contributed by atoms with Gasteiger partial charge in [-0.2, -0.15) is 0 Å². The minimum atomic E-state index is -0.232. The second kappa shape index (κ2) is 5.29. The number of hydrogen-bond acceptors (Lipinski definition) is 2. The fourth-order valence-corrected chi connectivity index (χ4v) is 1.53. The Hall–Kier alpha value is -0.640. The molecule has 0 saturated carbocycles. The summed E-state index contributed by atoms with van der Waals surface area (Å²) in [6.45, 7) is 0.660. The van der Waals surface area contributed by atoms with E-state index >= 15 is 0 Å². The van der Waals surface area contributed by atoms with Gasteiger partial charge >= 0.3 is 0 Å². The summed E-state index contributed by atoms with van der Waals surface area (Å²) in [7, 11) is 3.62. The lowest BCUT2D eigenvalue weighted by Gasteiger charge is -2.16. The van der Waals surface area contributed by atoms with Crippen molar-refractivity contribution in [3.05, 3.63) is 34.6 Å². The number of hydrogen-bond donors (Lipinski definition) is 2. The van der Waals surface area contributed by atoms with Crippen molar-refractivity contribution in [1.29, 1.82) is 0 Å². The average Bonchev–Trinajstić information content (AvgIpc) is 2.18. The normalized spacial score (nSPS) is 12.9. The zero-order valence-corrected chi connectivity index (χ0v) is 9.03. The predicted molar refractivity (Wildman–Crippen MR) is 57.1 cm³/mol. The zero-order chi connectivity index (χ0) is 10.6. The Morgan fingerprint density at radius 2 is 2.14 bits per heavy atom. The lowest BCUT2D eigenvalue weighted by molar-refractivity contribution is 0.517. The van der Waals surface area contributed by atoms with Crippen molar-refractivity contribution < 1.29 is 4.39 Å². The van der Waals surface area contributed by atoms with Crippen molar-refractivity contribution in [2.45, 2.75) is 6.04 Å². The molecule has 0 fully saturated rings. The summed E-state index contributed by atoms with van der Waals surface area (Å²) in [6, 6.07) is 4.53. The molecular formula is C10H14ClFN2. The summed E-state index contributed by atoms with van der Waals surface area (Å²) in [4.78, 5) is 0. The zero-order valence-electron chi connectivity index (χ0n) is 8.27. The summed E-state index contributed by atoms with van der Waals surface area (Å²) in [6.07, 6.45) is 0. The molecule has 14 heavy (non-hydrogen) atoms. The molecule has 2 nitrogen and oxygen atoms in total. The largest absolute Gasteiger partial charge is 0.318 e. The molecule has 2 N–H and O–H groups in total. The van der Waals surface area contributed by atoms with Crippen LogP contribution in [0.1, 0.15) is 11.6 Å². The third kappa shape index (κ3) is 2.67. The number of halogens is 2. The van der Waals surface area contributed by atoms with Crippen LogP contribution in [0.3, 0.4) is 0 Å². The summed E-state index contributed by atoms with van der Waals surface area (Å²) < 4.78 is 13.4. The first kappa shape index (κ1) is 11.4. The number of likely N-dealkylation sites (N-methyl/N-ethyl adjacent to an activating group) is 2. The Kier molecular flexibility index (Phi) is 4.32. The second-order valence-corrected chi connectivity index (χ2v) is 3.50. The summed E-state index contributed by atoms with van der Waals surface area (Å²) in [5.74, 6) is -0.232. The molecule has 0 spiro atoms. The predicted octanol–water partition coefficient (Wildman–Crippen LogP) is 1.96. The van der Waals surface area contributed by atoms with Gasteiger partial charge in [-0.15, -0.1) is 0 Å². The Bertz CT molecular complexity index is 304. The van der Waals surface area contributed by atoms with Gasteiger partial charge in [0.05, 0.1) is 0 Å². The second-order valence-electron chi connectivity index (χ2n) is 3.06. The van der Waals surface area contributed by atoms with Gasteiger partial charge in [-0.1, -0.05) is 11.6 Å². The lowest BCUT2D eigenvalue weighted by Crippen LogP contribution is -2.28. The molecule has 0 aliphatic carbocycles. The van der Waals surface area contributed by atoms with Crippen LogP contribution in [0.5, 0.6) is 0 Å². The van der Waals surface area contributed by atoms with Crippen molar-refractivity contribution in [3.8, 4) is 0 Å². The van der Waals surface area contributed by atoms with E-state index in [1.54, 1.807) is 19.2 Å². The first-order valence-corrected chi connectivity index (χ1v) is 4.83. The third-order valence-electron chi connectivity index (χ3n) is 2.09. The van der Waals surface area contributed by atoms with Gasteiger partial charge in [0.25, 0.3) is 0 Å². The molecule has 78 valence electrons. The fourth-order valence-electron chi connectivity index (χ4n) is 1.35. The first-order chi connectivity index (χ1) is 6.69. The smallest absolute Gasteiger partial charge is 0.128 e. The van der Waals surface area contributed by atoms with Crippen LogP contribution in [-0.4, -0.2) is 20.6 Å². The van der Waals surface area contributed by atoms with Gasteiger partial charge in [0.15, 0.2) is 0 Å². The van der Waals surface area contributed by atoms with Crippen LogP contribution in [0.25, 0.3) is 0 Å². The quantitative estimate of drug-likeness (QED) is 0.804. The minimum Gasteiger partial charge on any atom is -0.318 e. The Labute approximate surface area is 88.5 Å². The van der Waals surface area contributed by atoms with E-state index in [2.05, 4.69) is 10.6 Å². The highest BCUT2D eigenvalue weighted by Crippen LogP contribution is 2.20. The topological polar surface area (TPSA) is 24.1 Å². The molecule has 0 saturated heterocycles. The summed E-state index contributed by atoms with van der Waals surface area (Å²) in [5.41, 5.74) is 0.592. The third-order valence-corrected chi connectivity index (χ3v) is 2.33. The molecular weight excluding hydrogens is 203 g/mol. The number of rotatable bonds is 4. The first-order valence-electron chi connectivity index (χ1n) is 4.46. The molecule has 0 aliphatic heterocycles. The molecule has 1 aromatic carbocycles. The van der Waals surface area contributed by atoms with Crippen LogP contribution in [0.15, 0.2) is 18.2 Å². The van der Waals surface area contributed by atoms with E-state index in [4.69, 9.17) is 11.6 Å². The van der Waals surface area contributed by atoms with Crippen LogP contribution in [-0.2, 0) is 0 Å². The molecule has 0 bridgehead atoms. The van der Waals surface area contributed by atoms with Gasteiger partial charge in [-0.05, 0) is 32.3 Å². The van der Waals surface area contributed by atoms with Gasteiger partial charge in [-0.25, -0.2) is 4.39 Å². The summed E-state index contributed by atoms with van der Waals surface area (Å²) in [5, 5.41) is 6.57. The maximum absolute atomic E-state index is 13.4. The van der Waals surface area contributed by atoms with Crippen molar-refractivity contribution in [2.75, 3.05) is 20.6 Å². The molecule has 4 heteroatoms. The molecule has 1 rings (SSSR count). The Morgan fingerprint density at radius 3 is 2.71 bits per heavy atom. The van der Waals surface area contributed by atoms with Crippen molar-refractivity contribution in [2.24, 2.45) is 0 Å². The molecule has 1 aromatic rings. The monoisotopic (exact) mass is 216 g/mol. The minimum absolute atomic E-state index is 0.0568. The standard InChI is InChI=1S/C10H14ClFN2/c1-13-6-10(14-2)8-5-7(11)3-4-9(8)12/h3-5,10,13-14H,6H2,1-2H3. The molecule has 0 aromatic heterocycles. The van der Waals surface area contributed by atoms with E-state index < -0.39 is 0 Å². The SMILES string of the molecule is CNCC(NC)c1cc(Cl)ccc1F. The molecule has 0 heterocycles. The van der Waals surface area contributed by atoms with Gasteiger partial charge in [0, 0.05) is 23.2 Å². The van der Waals surface area contributed by atoms with E-state index in [0.29, 0.717) is 17.1 Å². The van der Waals surface area contributed by atoms with Crippen LogP contribution in [0.2, 0.25) is 5.02 Å². The number of nitrogens with one attached hydrogen (secondary N) is 2. The highest BCUT2D eigenvalue weighted by Gasteiger charge is 2.13. The van der Waals surface area contributed by atoms with E-state index in [1.807, 2.05) is 7.05 Å². The van der Waals surface area contributed by atoms with Gasteiger partial charge in [0.2, 0.25) is 0 Å². The lowest BCUT2D eigenvalue weighted by atomic mass is 10.1. The maximum atomic E-state index is 13.4. The van der Waals surface area contributed by atoms with Crippen molar-refractivity contribution in [1.82, 2.24) is 10.6 Å². The van der Waals surface area contributed by atoms with Crippen molar-refractivity contribution >= 4 is 11.6 Å². The Balaban J connectivity index is 2.96. The van der Waals surface area contributed by atoms with Crippen LogP contribution < -0.4 is 10.6 Å². The maximum Gasteiger partial charge on any atom is 0.128 e. The van der Waals surface area contributed by atoms with Crippen LogP contribution in [0, 0.1) is 5.82 Å². The van der Waals surface area contributed by atoms with Crippen LogP contribution >= 0.6 is 11.6 Å². The molecule has 1 atom stereocenters. The van der Waals surface area contributed by atoms with E-state index in [9.17, 15) is 4.39 Å². The van der Waals surface area contributed by atoms with E-state index in [1.165, 1.54) is 6.07 Å².